The molecule has 0 spiro atoms. The van der Waals surface area contributed by atoms with Crippen LogP contribution in [0.2, 0.25) is 0 Å². The van der Waals surface area contributed by atoms with Crippen LogP contribution in [0.15, 0.2) is 36.7 Å². The van der Waals surface area contributed by atoms with Crippen LogP contribution < -0.4 is 10.1 Å². The lowest BCUT2D eigenvalue weighted by Gasteiger charge is -2.07. The molecule has 0 fully saturated rings. The number of rotatable bonds is 6. The first-order valence-electron chi connectivity index (χ1n) is 6.30. The van der Waals surface area contributed by atoms with Crippen LogP contribution in [-0.2, 0) is 11.8 Å². The molecule has 6 heteroatoms. The number of nitrogens with zero attached hydrogens (tertiary/aromatic N) is 2. The Hall–Kier alpha value is -2.37. The van der Waals surface area contributed by atoms with Gasteiger partial charge in [0.15, 0.2) is 0 Å². The molecule has 0 atom stereocenters. The van der Waals surface area contributed by atoms with Crippen molar-refractivity contribution in [2.75, 3.05) is 11.9 Å². The summed E-state index contributed by atoms with van der Waals surface area (Å²) in [5, 5.41) is 2.70. The maximum absolute atomic E-state index is 12.7. The Morgan fingerprint density at radius 3 is 2.80 bits per heavy atom. The van der Waals surface area contributed by atoms with Crippen LogP contribution in [0.1, 0.15) is 12.8 Å². The van der Waals surface area contributed by atoms with E-state index in [4.69, 9.17) is 4.74 Å². The SMILES string of the molecule is Cn1ccnc1NC(=O)CCCOc1ccc(F)cc1. The van der Waals surface area contributed by atoms with Gasteiger partial charge >= 0.3 is 0 Å². The molecular formula is C14H16FN3O2. The highest BCUT2D eigenvalue weighted by molar-refractivity contribution is 5.88. The zero-order chi connectivity index (χ0) is 14.4. The molecule has 5 nitrogen and oxygen atoms in total. The van der Waals surface area contributed by atoms with Crippen molar-refractivity contribution < 1.29 is 13.9 Å². The van der Waals surface area contributed by atoms with Crippen molar-refractivity contribution in [3.05, 3.63) is 42.5 Å². The molecule has 0 radical (unpaired) electrons. The molecule has 0 aliphatic rings. The number of ether oxygens (including phenoxy) is 1. The van der Waals surface area contributed by atoms with E-state index in [0.717, 1.165) is 0 Å². The summed E-state index contributed by atoms with van der Waals surface area (Å²) in [4.78, 5) is 15.7. The standard InChI is InChI=1S/C14H16FN3O2/c1-18-9-8-16-14(18)17-13(19)3-2-10-20-12-6-4-11(15)5-7-12/h4-9H,2-3,10H2,1H3,(H,16,17,19). The van der Waals surface area contributed by atoms with Crippen LogP contribution in [-0.4, -0.2) is 22.1 Å². The molecule has 1 amide bonds. The molecule has 0 saturated heterocycles. The van der Waals surface area contributed by atoms with Crippen molar-refractivity contribution in [1.29, 1.82) is 0 Å². The Morgan fingerprint density at radius 1 is 1.40 bits per heavy atom. The van der Waals surface area contributed by atoms with Crippen molar-refractivity contribution in [3.8, 4) is 5.75 Å². The summed E-state index contributed by atoms with van der Waals surface area (Å²) >= 11 is 0. The number of carbonyl (C=O) groups excluding carboxylic acids is 1. The van der Waals surface area contributed by atoms with Crippen LogP contribution in [0.3, 0.4) is 0 Å². The van der Waals surface area contributed by atoms with E-state index in [1.807, 2.05) is 0 Å². The lowest BCUT2D eigenvalue weighted by Crippen LogP contribution is -2.15. The highest BCUT2D eigenvalue weighted by Crippen LogP contribution is 2.11. The van der Waals surface area contributed by atoms with Gasteiger partial charge in [-0.15, -0.1) is 0 Å². The summed E-state index contributed by atoms with van der Waals surface area (Å²) in [6, 6.07) is 5.79. The fraction of sp³-hybridized carbons (Fsp3) is 0.286. The van der Waals surface area contributed by atoms with E-state index in [2.05, 4.69) is 10.3 Å². The molecule has 106 valence electrons. The molecule has 0 aliphatic carbocycles. The third kappa shape index (κ3) is 4.08. The maximum atomic E-state index is 12.7. The molecule has 0 saturated carbocycles. The zero-order valence-electron chi connectivity index (χ0n) is 11.2. The van der Waals surface area contributed by atoms with Gasteiger partial charge in [-0.25, -0.2) is 9.37 Å². The minimum absolute atomic E-state index is 0.109. The fourth-order valence-corrected chi connectivity index (χ4v) is 1.63. The molecule has 0 unspecified atom stereocenters. The number of aromatic nitrogens is 2. The van der Waals surface area contributed by atoms with Gasteiger partial charge in [0.25, 0.3) is 0 Å². The fourth-order valence-electron chi connectivity index (χ4n) is 1.63. The highest BCUT2D eigenvalue weighted by atomic mass is 19.1. The zero-order valence-corrected chi connectivity index (χ0v) is 11.2. The Bertz CT molecular complexity index is 566. The number of anilines is 1. The van der Waals surface area contributed by atoms with E-state index in [0.29, 0.717) is 31.1 Å². The average molecular weight is 277 g/mol. The number of hydrogen-bond acceptors (Lipinski definition) is 3. The number of carbonyl (C=O) groups is 1. The number of amides is 1. The van der Waals surface area contributed by atoms with Crippen molar-refractivity contribution in [1.82, 2.24) is 9.55 Å². The first-order chi connectivity index (χ1) is 9.65. The molecule has 20 heavy (non-hydrogen) atoms. The number of halogens is 1. The number of aryl methyl sites for hydroxylation is 1. The smallest absolute Gasteiger partial charge is 0.226 e. The van der Waals surface area contributed by atoms with E-state index in [1.54, 1.807) is 36.1 Å². The summed E-state index contributed by atoms with van der Waals surface area (Å²) in [5.74, 6) is 0.708. The van der Waals surface area contributed by atoms with Crippen LogP contribution in [0.4, 0.5) is 10.3 Å². The van der Waals surface area contributed by atoms with E-state index in [9.17, 15) is 9.18 Å². The van der Waals surface area contributed by atoms with Gasteiger partial charge in [-0.1, -0.05) is 0 Å². The monoisotopic (exact) mass is 277 g/mol. The number of imidazole rings is 1. The topological polar surface area (TPSA) is 56.2 Å². The summed E-state index contributed by atoms with van der Waals surface area (Å²) < 4.78 is 19.8. The first-order valence-corrected chi connectivity index (χ1v) is 6.30. The average Bonchev–Trinajstić information content (AvgIpc) is 2.82. The van der Waals surface area contributed by atoms with Crippen molar-refractivity contribution in [3.63, 3.8) is 0 Å². The number of nitrogens with one attached hydrogen (secondary N) is 1. The van der Waals surface area contributed by atoms with Crippen molar-refractivity contribution in [2.45, 2.75) is 12.8 Å². The number of hydrogen-bond donors (Lipinski definition) is 1. The second kappa shape index (κ2) is 6.70. The van der Waals surface area contributed by atoms with Gasteiger partial charge in [0.2, 0.25) is 11.9 Å². The van der Waals surface area contributed by atoms with Gasteiger partial charge in [0, 0.05) is 25.9 Å². The predicted molar refractivity (Wildman–Crippen MR) is 73.0 cm³/mol. The summed E-state index contributed by atoms with van der Waals surface area (Å²) in [5.41, 5.74) is 0. The Labute approximate surface area is 116 Å². The third-order valence-electron chi connectivity index (χ3n) is 2.70. The normalized spacial score (nSPS) is 10.3. The van der Waals surface area contributed by atoms with Gasteiger partial charge in [0.1, 0.15) is 11.6 Å². The molecule has 2 rings (SSSR count). The van der Waals surface area contributed by atoms with Gasteiger partial charge in [-0.3, -0.25) is 10.1 Å². The Morgan fingerprint density at radius 2 is 2.15 bits per heavy atom. The third-order valence-corrected chi connectivity index (χ3v) is 2.70. The van der Waals surface area contributed by atoms with Gasteiger partial charge in [0.05, 0.1) is 6.61 Å². The van der Waals surface area contributed by atoms with Gasteiger partial charge < -0.3 is 9.30 Å². The molecule has 1 aromatic heterocycles. The molecular weight excluding hydrogens is 261 g/mol. The number of benzene rings is 1. The molecule has 1 N–H and O–H groups in total. The first kappa shape index (κ1) is 14.0. The summed E-state index contributed by atoms with van der Waals surface area (Å²) in [6.07, 6.45) is 4.29. The van der Waals surface area contributed by atoms with Crippen LogP contribution in [0.5, 0.6) is 5.75 Å². The Kier molecular flexibility index (Phi) is 4.70. The van der Waals surface area contributed by atoms with Gasteiger partial charge in [-0.2, -0.15) is 0 Å². The van der Waals surface area contributed by atoms with Crippen molar-refractivity contribution in [2.24, 2.45) is 7.05 Å². The predicted octanol–water partition coefficient (Wildman–Crippen LogP) is 2.36. The van der Waals surface area contributed by atoms with Crippen molar-refractivity contribution >= 4 is 11.9 Å². The van der Waals surface area contributed by atoms with Gasteiger partial charge in [-0.05, 0) is 30.7 Å². The molecule has 0 bridgehead atoms. The minimum Gasteiger partial charge on any atom is -0.494 e. The minimum atomic E-state index is -0.299. The second-order valence-electron chi connectivity index (χ2n) is 4.32. The van der Waals surface area contributed by atoms with E-state index < -0.39 is 0 Å². The molecule has 1 aromatic carbocycles. The quantitative estimate of drug-likeness (QED) is 0.825. The van der Waals surface area contributed by atoms with E-state index >= 15 is 0 Å². The van der Waals surface area contributed by atoms with E-state index in [-0.39, 0.29) is 11.7 Å². The second-order valence-corrected chi connectivity index (χ2v) is 4.32. The molecule has 0 aliphatic heterocycles. The Balaban J connectivity index is 1.67. The molecule has 1 heterocycles. The van der Waals surface area contributed by atoms with E-state index in [1.165, 1.54) is 12.1 Å². The maximum Gasteiger partial charge on any atom is 0.226 e. The summed E-state index contributed by atoms with van der Waals surface area (Å²) in [7, 11) is 1.81. The highest BCUT2D eigenvalue weighted by Gasteiger charge is 2.05. The summed E-state index contributed by atoms with van der Waals surface area (Å²) in [6.45, 7) is 0.402. The lowest BCUT2D eigenvalue weighted by atomic mass is 10.3. The van der Waals surface area contributed by atoms with Crippen LogP contribution >= 0.6 is 0 Å². The van der Waals surface area contributed by atoms with Crippen LogP contribution in [0.25, 0.3) is 0 Å². The van der Waals surface area contributed by atoms with Crippen LogP contribution in [0, 0.1) is 5.82 Å². The molecule has 2 aromatic rings. The lowest BCUT2D eigenvalue weighted by molar-refractivity contribution is -0.116. The largest absolute Gasteiger partial charge is 0.494 e.